The minimum Gasteiger partial charge on any atom is -0.396 e. The Kier molecular flexibility index (Phi) is 4.92. The van der Waals surface area contributed by atoms with E-state index in [1.54, 1.807) is 27.8 Å². The zero-order valence-corrected chi connectivity index (χ0v) is 13.5. The molecule has 7 heteroatoms. The van der Waals surface area contributed by atoms with E-state index in [4.69, 9.17) is 9.84 Å². The Morgan fingerprint density at radius 2 is 2.17 bits per heavy atom. The fraction of sp³-hybridized carbons (Fsp3) is 0.412. The molecular weight excluding hydrogens is 313 g/mol. The first kappa shape index (κ1) is 16.6. The number of aliphatic hydroxyl groups is 1. The van der Waals surface area contributed by atoms with Gasteiger partial charge < -0.3 is 14.7 Å². The number of ether oxygens (including phenoxy) is 1. The molecule has 0 radical (unpaired) electrons. The standard InChI is InChI=1S/C17H20FN3O3/c1-12-10-16(19-21(12)14-4-2-13(18)3-5-14)17(23)20-7-9-24-11-15(20)6-8-22/h2-5,10,15,22H,6-9,11H2,1H3/t15-/m0/s1. The van der Waals surface area contributed by atoms with Crippen molar-refractivity contribution >= 4 is 5.91 Å². The van der Waals surface area contributed by atoms with Crippen LogP contribution in [0.3, 0.4) is 0 Å². The Morgan fingerprint density at radius 3 is 2.88 bits per heavy atom. The molecule has 1 aromatic heterocycles. The van der Waals surface area contributed by atoms with Gasteiger partial charge in [-0.3, -0.25) is 4.79 Å². The lowest BCUT2D eigenvalue weighted by Crippen LogP contribution is -2.49. The number of rotatable bonds is 4. The number of carbonyl (C=O) groups excluding carboxylic acids is 1. The van der Waals surface area contributed by atoms with Crippen molar-refractivity contribution in [3.63, 3.8) is 0 Å². The maximum atomic E-state index is 13.1. The van der Waals surface area contributed by atoms with Crippen LogP contribution >= 0.6 is 0 Å². The number of halogens is 1. The highest BCUT2D eigenvalue weighted by Gasteiger charge is 2.29. The first-order valence-electron chi connectivity index (χ1n) is 7.92. The molecule has 6 nitrogen and oxygen atoms in total. The van der Waals surface area contributed by atoms with Crippen molar-refractivity contribution in [2.45, 2.75) is 19.4 Å². The second kappa shape index (κ2) is 7.11. The molecular formula is C17H20FN3O3. The summed E-state index contributed by atoms with van der Waals surface area (Å²) in [5, 5.41) is 13.5. The summed E-state index contributed by atoms with van der Waals surface area (Å²) in [7, 11) is 0. The van der Waals surface area contributed by atoms with Crippen molar-refractivity contribution in [2.75, 3.05) is 26.4 Å². The summed E-state index contributed by atoms with van der Waals surface area (Å²) in [6.45, 7) is 3.22. The Hall–Kier alpha value is -2.25. The van der Waals surface area contributed by atoms with E-state index in [-0.39, 0.29) is 24.4 Å². The fourth-order valence-electron chi connectivity index (χ4n) is 2.88. The van der Waals surface area contributed by atoms with Gasteiger partial charge in [-0.2, -0.15) is 5.10 Å². The normalized spacial score (nSPS) is 18.0. The van der Waals surface area contributed by atoms with E-state index < -0.39 is 0 Å². The molecule has 0 spiro atoms. The van der Waals surface area contributed by atoms with E-state index >= 15 is 0 Å². The number of benzene rings is 1. The fourth-order valence-corrected chi connectivity index (χ4v) is 2.88. The molecule has 128 valence electrons. The molecule has 24 heavy (non-hydrogen) atoms. The highest BCUT2D eigenvalue weighted by atomic mass is 19.1. The van der Waals surface area contributed by atoms with E-state index in [1.807, 2.05) is 6.92 Å². The van der Waals surface area contributed by atoms with Crippen molar-refractivity contribution in [1.82, 2.24) is 14.7 Å². The average molecular weight is 333 g/mol. The zero-order chi connectivity index (χ0) is 17.1. The summed E-state index contributed by atoms with van der Waals surface area (Å²) in [6, 6.07) is 7.53. The summed E-state index contributed by atoms with van der Waals surface area (Å²) in [5.41, 5.74) is 1.82. The Balaban J connectivity index is 1.85. The lowest BCUT2D eigenvalue weighted by Gasteiger charge is -2.34. The average Bonchev–Trinajstić information content (AvgIpc) is 2.98. The van der Waals surface area contributed by atoms with Crippen LogP contribution < -0.4 is 0 Å². The van der Waals surface area contributed by atoms with Gasteiger partial charge in [0.1, 0.15) is 5.82 Å². The van der Waals surface area contributed by atoms with Gasteiger partial charge in [-0.25, -0.2) is 9.07 Å². The van der Waals surface area contributed by atoms with Gasteiger partial charge in [-0.05, 0) is 43.7 Å². The molecule has 1 aromatic carbocycles. The molecule has 1 N–H and O–H groups in total. The molecule has 0 unspecified atom stereocenters. The number of aliphatic hydroxyl groups excluding tert-OH is 1. The third kappa shape index (κ3) is 3.32. The molecule has 1 aliphatic rings. The van der Waals surface area contributed by atoms with E-state index in [1.165, 1.54) is 12.1 Å². The lowest BCUT2D eigenvalue weighted by atomic mass is 10.1. The van der Waals surface area contributed by atoms with Gasteiger partial charge in [-0.1, -0.05) is 0 Å². The molecule has 0 saturated carbocycles. The molecule has 1 amide bonds. The van der Waals surface area contributed by atoms with Crippen LogP contribution in [0.4, 0.5) is 4.39 Å². The molecule has 1 atom stereocenters. The molecule has 2 aromatic rings. The summed E-state index contributed by atoms with van der Waals surface area (Å²) < 4.78 is 20.1. The number of aromatic nitrogens is 2. The van der Waals surface area contributed by atoms with Crippen molar-refractivity contribution in [3.8, 4) is 5.69 Å². The van der Waals surface area contributed by atoms with Crippen molar-refractivity contribution < 1.29 is 19.0 Å². The number of hydrogen-bond donors (Lipinski definition) is 1. The molecule has 2 heterocycles. The van der Waals surface area contributed by atoms with E-state index in [2.05, 4.69) is 5.10 Å². The minimum atomic E-state index is -0.319. The molecule has 1 saturated heterocycles. The third-order valence-electron chi connectivity index (χ3n) is 4.13. The predicted molar refractivity (Wildman–Crippen MR) is 85.6 cm³/mol. The summed E-state index contributed by atoms with van der Waals surface area (Å²) >= 11 is 0. The number of amides is 1. The van der Waals surface area contributed by atoms with Crippen LogP contribution in [-0.4, -0.2) is 58.1 Å². The molecule has 1 aliphatic heterocycles. The maximum Gasteiger partial charge on any atom is 0.274 e. The van der Waals surface area contributed by atoms with Crippen LogP contribution in [0.5, 0.6) is 0 Å². The van der Waals surface area contributed by atoms with Crippen LogP contribution in [0.1, 0.15) is 22.6 Å². The molecule has 0 aliphatic carbocycles. The number of morpholine rings is 1. The first-order valence-corrected chi connectivity index (χ1v) is 7.92. The van der Waals surface area contributed by atoms with Gasteiger partial charge in [-0.15, -0.1) is 0 Å². The summed E-state index contributed by atoms with van der Waals surface area (Å²) in [6.07, 6.45) is 0.476. The quantitative estimate of drug-likeness (QED) is 0.922. The van der Waals surface area contributed by atoms with E-state index in [0.29, 0.717) is 37.6 Å². The summed E-state index contributed by atoms with van der Waals surface area (Å²) in [5.74, 6) is -0.499. The largest absolute Gasteiger partial charge is 0.396 e. The highest BCUT2D eigenvalue weighted by Crippen LogP contribution is 2.17. The molecule has 1 fully saturated rings. The first-order chi connectivity index (χ1) is 11.6. The predicted octanol–water partition coefficient (Wildman–Crippen LogP) is 1.54. The monoisotopic (exact) mass is 333 g/mol. The van der Waals surface area contributed by atoms with Crippen LogP contribution in [0.2, 0.25) is 0 Å². The highest BCUT2D eigenvalue weighted by molar-refractivity contribution is 5.92. The lowest BCUT2D eigenvalue weighted by molar-refractivity contribution is -0.00860. The SMILES string of the molecule is Cc1cc(C(=O)N2CCOC[C@@H]2CCO)nn1-c1ccc(F)cc1. The van der Waals surface area contributed by atoms with Crippen LogP contribution in [0.25, 0.3) is 5.69 Å². The van der Waals surface area contributed by atoms with Gasteiger partial charge in [0.15, 0.2) is 5.69 Å². The van der Waals surface area contributed by atoms with E-state index in [9.17, 15) is 9.18 Å². The van der Waals surface area contributed by atoms with E-state index in [0.717, 1.165) is 5.69 Å². The minimum absolute atomic E-state index is 0.000848. The summed E-state index contributed by atoms with van der Waals surface area (Å²) in [4.78, 5) is 14.5. The maximum absolute atomic E-state index is 13.1. The topological polar surface area (TPSA) is 67.6 Å². The van der Waals surface area contributed by atoms with Crippen LogP contribution in [0.15, 0.2) is 30.3 Å². The van der Waals surface area contributed by atoms with Crippen molar-refractivity contribution in [2.24, 2.45) is 0 Å². The smallest absolute Gasteiger partial charge is 0.274 e. The Labute approximate surface area is 139 Å². The Morgan fingerprint density at radius 1 is 1.42 bits per heavy atom. The molecule has 3 rings (SSSR count). The van der Waals surface area contributed by atoms with Gasteiger partial charge in [0, 0.05) is 18.8 Å². The van der Waals surface area contributed by atoms with Crippen LogP contribution in [-0.2, 0) is 4.74 Å². The van der Waals surface area contributed by atoms with Crippen molar-refractivity contribution in [3.05, 3.63) is 47.5 Å². The van der Waals surface area contributed by atoms with Crippen molar-refractivity contribution in [1.29, 1.82) is 0 Å². The second-order valence-electron chi connectivity index (χ2n) is 5.80. The van der Waals surface area contributed by atoms with Crippen LogP contribution in [0, 0.1) is 12.7 Å². The van der Waals surface area contributed by atoms with Gasteiger partial charge >= 0.3 is 0 Å². The number of hydrogen-bond acceptors (Lipinski definition) is 4. The zero-order valence-electron chi connectivity index (χ0n) is 13.5. The van der Waals surface area contributed by atoms with Gasteiger partial charge in [0.05, 0.1) is 24.9 Å². The third-order valence-corrected chi connectivity index (χ3v) is 4.13. The van der Waals surface area contributed by atoms with Gasteiger partial charge in [0.25, 0.3) is 5.91 Å². The number of aryl methyl sites for hydroxylation is 1. The molecule has 0 bridgehead atoms. The number of nitrogens with zero attached hydrogens (tertiary/aromatic N) is 3. The Bertz CT molecular complexity index is 712. The second-order valence-corrected chi connectivity index (χ2v) is 5.80. The number of carbonyl (C=O) groups is 1. The van der Waals surface area contributed by atoms with Gasteiger partial charge in [0.2, 0.25) is 0 Å².